The summed E-state index contributed by atoms with van der Waals surface area (Å²) < 4.78 is 12.8. The van der Waals surface area contributed by atoms with Gasteiger partial charge in [0.05, 0.1) is 17.0 Å². The van der Waals surface area contributed by atoms with E-state index >= 15 is 0 Å². The number of aromatic nitrogens is 2. The Bertz CT molecular complexity index is 1410. The largest absolute Gasteiger partial charge is 0.457 e. The summed E-state index contributed by atoms with van der Waals surface area (Å²) >= 11 is 0. The first kappa shape index (κ1) is 19.5. The van der Waals surface area contributed by atoms with E-state index in [0.29, 0.717) is 33.5 Å². The second kappa shape index (κ2) is 8.00. The van der Waals surface area contributed by atoms with Gasteiger partial charge in [0.1, 0.15) is 30.6 Å². The van der Waals surface area contributed by atoms with Gasteiger partial charge >= 0.3 is 5.97 Å². The van der Waals surface area contributed by atoms with E-state index in [2.05, 4.69) is 4.98 Å². The Morgan fingerprint density at radius 1 is 1.00 bits per heavy atom. The standard InChI is InChI=1S/C25H17N3O4/c26-13-14-28-22(27-19-10-4-1-7-16(19)24(28)29)15-31-25(30)23-17-8-2-5-11-20(17)32-21-12-6-3-9-18(21)23/h1-12,23H,14-15H2. The summed E-state index contributed by atoms with van der Waals surface area (Å²) in [4.78, 5) is 30.6. The van der Waals surface area contributed by atoms with Gasteiger partial charge in [-0.25, -0.2) is 4.98 Å². The molecule has 4 aromatic rings. The molecule has 0 spiro atoms. The predicted octanol–water partition coefficient (Wildman–Crippen LogP) is 3.90. The SMILES string of the molecule is N#CCn1c(COC(=O)C2c3ccccc3Oc3ccccc32)nc2ccccc2c1=O. The predicted molar refractivity (Wildman–Crippen MR) is 116 cm³/mol. The Kier molecular flexibility index (Phi) is 4.88. The van der Waals surface area contributed by atoms with Crippen LogP contribution in [0, 0.1) is 11.3 Å². The number of carbonyl (C=O) groups excluding carboxylic acids is 1. The summed E-state index contributed by atoms with van der Waals surface area (Å²) in [6.07, 6.45) is 0. The molecule has 0 saturated carbocycles. The molecule has 5 rings (SSSR count). The highest BCUT2D eigenvalue weighted by Gasteiger charge is 2.33. The van der Waals surface area contributed by atoms with Crippen molar-refractivity contribution in [2.45, 2.75) is 19.1 Å². The summed E-state index contributed by atoms with van der Waals surface area (Å²) in [5.41, 5.74) is 1.55. The number of hydrogen-bond donors (Lipinski definition) is 0. The van der Waals surface area contributed by atoms with Gasteiger partial charge in [-0.05, 0) is 24.3 Å². The number of esters is 1. The lowest BCUT2D eigenvalue weighted by Crippen LogP contribution is -2.27. The van der Waals surface area contributed by atoms with Crippen LogP contribution in [0.5, 0.6) is 11.5 Å². The van der Waals surface area contributed by atoms with Crippen molar-refractivity contribution in [2.24, 2.45) is 0 Å². The number of carbonyl (C=O) groups is 1. The van der Waals surface area contributed by atoms with Gasteiger partial charge in [0.2, 0.25) is 0 Å². The maximum absolute atomic E-state index is 13.3. The molecule has 7 heteroatoms. The van der Waals surface area contributed by atoms with Crippen molar-refractivity contribution in [2.75, 3.05) is 0 Å². The molecule has 0 N–H and O–H groups in total. The van der Waals surface area contributed by atoms with Crippen LogP contribution in [0.1, 0.15) is 22.9 Å². The Morgan fingerprint density at radius 3 is 2.31 bits per heavy atom. The van der Waals surface area contributed by atoms with Gasteiger partial charge in [-0.3, -0.25) is 14.2 Å². The number of rotatable bonds is 4. The monoisotopic (exact) mass is 423 g/mol. The van der Waals surface area contributed by atoms with Crippen molar-refractivity contribution in [3.8, 4) is 17.6 Å². The topological polar surface area (TPSA) is 94.2 Å². The highest BCUT2D eigenvalue weighted by atomic mass is 16.5. The van der Waals surface area contributed by atoms with E-state index in [-0.39, 0.29) is 24.5 Å². The van der Waals surface area contributed by atoms with Crippen LogP contribution in [-0.4, -0.2) is 15.5 Å². The lowest BCUT2D eigenvalue weighted by molar-refractivity contribution is -0.146. The molecule has 32 heavy (non-hydrogen) atoms. The van der Waals surface area contributed by atoms with Crippen LogP contribution >= 0.6 is 0 Å². The smallest absolute Gasteiger partial charge is 0.318 e. The third-order valence-electron chi connectivity index (χ3n) is 5.43. The second-order valence-electron chi connectivity index (χ2n) is 7.31. The zero-order valence-corrected chi connectivity index (χ0v) is 16.9. The van der Waals surface area contributed by atoms with Crippen molar-refractivity contribution < 1.29 is 14.3 Å². The molecule has 156 valence electrons. The molecule has 0 unspecified atom stereocenters. The molecular weight excluding hydrogens is 406 g/mol. The normalized spacial score (nSPS) is 12.3. The molecule has 0 amide bonds. The molecule has 0 radical (unpaired) electrons. The van der Waals surface area contributed by atoms with Crippen LogP contribution < -0.4 is 10.3 Å². The van der Waals surface area contributed by atoms with E-state index in [0.717, 1.165) is 0 Å². The van der Waals surface area contributed by atoms with Gasteiger partial charge in [-0.15, -0.1) is 0 Å². The zero-order chi connectivity index (χ0) is 22.1. The first-order valence-corrected chi connectivity index (χ1v) is 10.0. The molecule has 7 nitrogen and oxygen atoms in total. The molecule has 0 atom stereocenters. The first-order valence-electron chi connectivity index (χ1n) is 10.0. The zero-order valence-electron chi connectivity index (χ0n) is 16.9. The number of fused-ring (bicyclic) bond motifs is 3. The number of nitrogens with zero attached hydrogens (tertiary/aromatic N) is 3. The molecule has 3 aromatic carbocycles. The Morgan fingerprint density at radius 2 is 1.62 bits per heavy atom. The Labute approximate surface area is 183 Å². The highest BCUT2D eigenvalue weighted by Crippen LogP contribution is 2.44. The summed E-state index contributed by atoms with van der Waals surface area (Å²) in [6.45, 7) is -0.422. The van der Waals surface area contributed by atoms with Crippen molar-refractivity contribution in [3.63, 3.8) is 0 Å². The fourth-order valence-corrected chi connectivity index (χ4v) is 3.94. The fourth-order valence-electron chi connectivity index (χ4n) is 3.94. The Hall–Kier alpha value is -4.44. The number of nitriles is 1. The average Bonchev–Trinajstić information content (AvgIpc) is 2.83. The lowest BCUT2D eigenvalue weighted by Gasteiger charge is -2.26. The van der Waals surface area contributed by atoms with Gasteiger partial charge in [0.15, 0.2) is 5.82 Å². The first-order chi connectivity index (χ1) is 15.7. The minimum atomic E-state index is -0.673. The molecular formula is C25H17N3O4. The molecule has 1 aliphatic rings. The molecule has 0 aliphatic carbocycles. The number of para-hydroxylation sites is 3. The molecule has 2 heterocycles. The van der Waals surface area contributed by atoms with Crippen LogP contribution in [0.3, 0.4) is 0 Å². The van der Waals surface area contributed by atoms with Crippen LogP contribution in [0.4, 0.5) is 0 Å². The van der Waals surface area contributed by atoms with Crippen molar-refractivity contribution in [3.05, 3.63) is 100 Å². The summed E-state index contributed by atoms with van der Waals surface area (Å²) in [6, 6.07) is 23.5. The molecule has 1 aliphatic heterocycles. The van der Waals surface area contributed by atoms with Gasteiger partial charge in [-0.1, -0.05) is 48.5 Å². The Balaban J connectivity index is 1.50. The van der Waals surface area contributed by atoms with Crippen LogP contribution in [0.25, 0.3) is 10.9 Å². The fraction of sp³-hybridized carbons (Fsp3) is 0.120. The van der Waals surface area contributed by atoms with E-state index in [1.54, 1.807) is 36.4 Å². The van der Waals surface area contributed by atoms with Gasteiger partial charge in [0.25, 0.3) is 5.56 Å². The quantitative estimate of drug-likeness (QED) is 0.462. The van der Waals surface area contributed by atoms with Gasteiger partial charge in [0, 0.05) is 11.1 Å². The number of hydrogen-bond acceptors (Lipinski definition) is 6. The summed E-state index contributed by atoms with van der Waals surface area (Å²) in [5.74, 6) is 0.251. The molecule has 0 bridgehead atoms. The third-order valence-corrected chi connectivity index (χ3v) is 5.43. The maximum Gasteiger partial charge on any atom is 0.318 e. The summed E-state index contributed by atoms with van der Waals surface area (Å²) in [7, 11) is 0. The number of benzene rings is 3. The van der Waals surface area contributed by atoms with Crippen LogP contribution in [0.15, 0.2) is 77.6 Å². The van der Waals surface area contributed by atoms with Gasteiger partial charge < -0.3 is 9.47 Å². The number of ether oxygens (including phenoxy) is 2. The minimum Gasteiger partial charge on any atom is -0.457 e. The average molecular weight is 423 g/mol. The van der Waals surface area contributed by atoms with E-state index in [4.69, 9.17) is 9.47 Å². The maximum atomic E-state index is 13.3. The van der Waals surface area contributed by atoms with Crippen molar-refractivity contribution in [1.29, 1.82) is 5.26 Å². The molecule has 0 fully saturated rings. The van der Waals surface area contributed by atoms with E-state index in [1.807, 2.05) is 42.5 Å². The van der Waals surface area contributed by atoms with Crippen molar-refractivity contribution >= 4 is 16.9 Å². The molecule has 1 aromatic heterocycles. The van der Waals surface area contributed by atoms with E-state index in [9.17, 15) is 14.9 Å². The van der Waals surface area contributed by atoms with Crippen LogP contribution in [-0.2, 0) is 22.7 Å². The highest BCUT2D eigenvalue weighted by molar-refractivity contribution is 5.85. The minimum absolute atomic E-state index is 0.188. The van der Waals surface area contributed by atoms with Crippen LogP contribution in [0.2, 0.25) is 0 Å². The third kappa shape index (κ3) is 3.28. The van der Waals surface area contributed by atoms with E-state index < -0.39 is 11.9 Å². The van der Waals surface area contributed by atoms with Crippen molar-refractivity contribution in [1.82, 2.24) is 9.55 Å². The van der Waals surface area contributed by atoms with Gasteiger partial charge in [-0.2, -0.15) is 5.26 Å². The van der Waals surface area contributed by atoms with E-state index in [1.165, 1.54) is 4.57 Å². The second-order valence-corrected chi connectivity index (χ2v) is 7.31. The molecule has 0 saturated heterocycles. The lowest BCUT2D eigenvalue weighted by atomic mass is 9.88. The summed E-state index contributed by atoms with van der Waals surface area (Å²) in [5, 5.41) is 9.59.